The van der Waals surface area contributed by atoms with Crippen LogP contribution in [-0.4, -0.2) is 66.6 Å². The third-order valence-electron chi connectivity index (χ3n) is 5.03. The van der Waals surface area contributed by atoms with Crippen molar-refractivity contribution in [3.63, 3.8) is 0 Å². The second-order valence-electron chi connectivity index (χ2n) is 6.70. The van der Waals surface area contributed by atoms with Crippen molar-refractivity contribution in [3.05, 3.63) is 11.6 Å². The first-order valence-electron chi connectivity index (χ1n) is 9.63. The molecule has 2 rings (SSSR count). The summed E-state index contributed by atoms with van der Waals surface area (Å²) in [7, 11) is 0. The normalized spacial score (nSPS) is 21.5. The van der Waals surface area contributed by atoms with Crippen molar-refractivity contribution in [1.29, 1.82) is 0 Å². The van der Waals surface area contributed by atoms with Gasteiger partial charge in [0, 0.05) is 19.3 Å². The van der Waals surface area contributed by atoms with Gasteiger partial charge in [0.1, 0.15) is 0 Å². The number of hydrogen-bond acceptors (Lipinski definition) is 5. The van der Waals surface area contributed by atoms with E-state index in [-0.39, 0.29) is 0 Å². The first-order chi connectivity index (χ1) is 12.6. The van der Waals surface area contributed by atoms with Crippen LogP contribution in [0.4, 0.5) is 4.79 Å². The van der Waals surface area contributed by atoms with Crippen LogP contribution in [0, 0.1) is 5.92 Å². The summed E-state index contributed by atoms with van der Waals surface area (Å²) < 4.78 is 0. The molecule has 1 heterocycles. The molecule has 1 fully saturated rings. The molecule has 1 N–H and O–H groups in total. The Morgan fingerprint density at radius 1 is 1.27 bits per heavy atom. The van der Waals surface area contributed by atoms with Crippen molar-refractivity contribution in [3.8, 4) is 0 Å². The fourth-order valence-electron chi connectivity index (χ4n) is 3.28. The Kier molecular flexibility index (Phi) is 7.97. The fraction of sp³-hybridized carbons (Fsp3) is 0.684. The molecule has 1 unspecified atom stereocenters. The number of allylic oxidation sites excluding steroid dienone is 1. The van der Waals surface area contributed by atoms with Crippen LogP contribution in [0.3, 0.4) is 0 Å². The van der Waals surface area contributed by atoms with E-state index in [0.717, 1.165) is 43.8 Å². The molecule has 0 aromatic rings. The Balaban J connectivity index is 1.92. The Hall–Kier alpha value is -2.02. The van der Waals surface area contributed by atoms with E-state index in [1.807, 2.05) is 0 Å². The molecule has 4 amide bonds. The molecule has 1 aliphatic heterocycles. The Morgan fingerprint density at radius 3 is 2.69 bits per heavy atom. The second-order valence-corrected chi connectivity index (χ2v) is 6.70. The lowest BCUT2D eigenvalue weighted by Gasteiger charge is -2.29. The van der Waals surface area contributed by atoms with Crippen LogP contribution >= 0.6 is 0 Å². The highest BCUT2D eigenvalue weighted by Crippen LogP contribution is 2.21. The van der Waals surface area contributed by atoms with Gasteiger partial charge in [0.15, 0.2) is 5.92 Å². The predicted molar refractivity (Wildman–Crippen MR) is 101 cm³/mol. The van der Waals surface area contributed by atoms with Crippen LogP contribution in [0.2, 0.25) is 0 Å². The van der Waals surface area contributed by atoms with Gasteiger partial charge in [-0.15, -0.1) is 0 Å². The van der Waals surface area contributed by atoms with Crippen LogP contribution in [0.25, 0.3) is 0 Å². The van der Waals surface area contributed by atoms with Crippen LogP contribution in [-0.2, 0) is 9.59 Å². The van der Waals surface area contributed by atoms with E-state index >= 15 is 0 Å². The zero-order valence-electron chi connectivity index (χ0n) is 15.9. The molecule has 2 aliphatic rings. The van der Waals surface area contributed by atoms with Gasteiger partial charge in [-0.2, -0.15) is 0 Å². The van der Waals surface area contributed by atoms with Gasteiger partial charge in [0.05, 0.1) is 6.54 Å². The summed E-state index contributed by atoms with van der Waals surface area (Å²) in [5.41, 5.74) is 1.29. The van der Waals surface area contributed by atoms with Gasteiger partial charge in [0.2, 0.25) is 11.8 Å². The van der Waals surface area contributed by atoms with Gasteiger partial charge in [-0.25, -0.2) is 4.79 Å². The average molecular weight is 362 g/mol. The monoisotopic (exact) mass is 362 g/mol. The molecule has 0 aromatic heterocycles. The number of imide groups is 2. The van der Waals surface area contributed by atoms with E-state index in [2.05, 4.69) is 35.1 Å². The van der Waals surface area contributed by atoms with E-state index in [1.54, 1.807) is 0 Å². The van der Waals surface area contributed by atoms with Crippen molar-refractivity contribution in [1.82, 2.24) is 15.1 Å². The summed E-state index contributed by atoms with van der Waals surface area (Å²) in [5, 5.41) is 2.28. The number of nitrogens with one attached hydrogen (secondary N) is 1. The maximum absolute atomic E-state index is 12.6. The van der Waals surface area contributed by atoms with E-state index in [0.29, 0.717) is 19.5 Å². The molecule has 0 aromatic carbocycles. The minimum Gasteiger partial charge on any atom is -0.302 e. The number of nitrogens with zero attached hydrogens (tertiary/aromatic N) is 3. The highest BCUT2D eigenvalue weighted by Gasteiger charge is 2.39. The van der Waals surface area contributed by atoms with Crippen LogP contribution < -0.4 is 5.32 Å². The first kappa shape index (κ1) is 20.3. The number of urea groups is 1. The maximum atomic E-state index is 12.6. The van der Waals surface area contributed by atoms with Gasteiger partial charge in [0.25, 0.3) is 0 Å². The molecule has 1 aliphatic carbocycles. The number of amides is 4. The number of hydrogen-bond donors (Lipinski definition) is 1. The van der Waals surface area contributed by atoms with E-state index in [4.69, 9.17) is 0 Å². The molecule has 1 saturated heterocycles. The summed E-state index contributed by atoms with van der Waals surface area (Å²) in [6, 6.07) is -0.621. The number of carbonyl (C=O) groups is 3. The summed E-state index contributed by atoms with van der Waals surface area (Å²) in [5.74, 6) is -2.06. The summed E-state index contributed by atoms with van der Waals surface area (Å²) >= 11 is 0. The van der Waals surface area contributed by atoms with E-state index < -0.39 is 23.8 Å². The standard InChI is InChI=1S/C19H30N4O3/c1-3-22(4-2)13-11-20-14-16-17(24)21-19(26)23(18(16)25)12-10-15-8-6-5-7-9-15/h8,14,16H,3-7,9-13H2,1-2H3,(H,21,24,26). The Bertz CT molecular complexity index is 581. The molecule has 144 valence electrons. The first-order valence-corrected chi connectivity index (χ1v) is 9.63. The minimum atomic E-state index is -1.01. The van der Waals surface area contributed by atoms with Gasteiger partial charge >= 0.3 is 6.03 Å². The molecule has 1 atom stereocenters. The van der Waals surface area contributed by atoms with E-state index in [1.165, 1.54) is 18.2 Å². The van der Waals surface area contributed by atoms with Gasteiger partial charge in [-0.3, -0.25) is 24.8 Å². The Morgan fingerprint density at radius 2 is 2.04 bits per heavy atom. The lowest BCUT2D eigenvalue weighted by molar-refractivity contribution is -0.139. The lowest BCUT2D eigenvalue weighted by Crippen LogP contribution is -2.58. The van der Waals surface area contributed by atoms with Crippen molar-refractivity contribution < 1.29 is 14.4 Å². The topological polar surface area (TPSA) is 82.1 Å². The number of aliphatic imine (C=N–C) groups is 1. The van der Waals surface area contributed by atoms with Gasteiger partial charge in [-0.1, -0.05) is 25.5 Å². The maximum Gasteiger partial charge on any atom is 0.330 e. The van der Waals surface area contributed by atoms with Crippen LogP contribution in [0.15, 0.2) is 16.6 Å². The highest BCUT2D eigenvalue weighted by molar-refractivity contribution is 6.23. The van der Waals surface area contributed by atoms with Gasteiger partial charge < -0.3 is 4.90 Å². The van der Waals surface area contributed by atoms with Crippen molar-refractivity contribution in [2.24, 2.45) is 10.9 Å². The fourth-order valence-corrected chi connectivity index (χ4v) is 3.28. The van der Waals surface area contributed by atoms with Crippen LogP contribution in [0.1, 0.15) is 46.0 Å². The molecule has 7 nitrogen and oxygen atoms in total. The number of barbiturate groups is 1. The third kappa shape index (κ3) is 5.49. The van der Waals surface area contributed by atoms with Crippen molar-refractivity contribution >= 4 is 24.1 Å². The highest BCUT2D eigenvalue weighted by atomic mass is 16.2. The van der Waals surface area contributed by atoms with Crippen molar-refractivity contribution in [2.75, 3.05) is 32.7 Å². The molecular formula is C19H30N4O3. The molecule has 26 heavy (non-hydrogen) atoms. The summed E-state index contributed by atoms with van der Waals surface area (Å²) in [4.78, 5) is 44.2. The second kappa shape index (κ2) is 10.2. The quantitative estimate of drug-likeness (QED) is 0.386. The SMILES string of the molecule is CCN(CC)CCN=CC1C(=O)NC(=O)N(CCC2=CCCCC2)C1=O. The number of rotatable bonds is 9. The summed E-state index contributed by atoms with van der Waals surface area (Å²) in [6.45, 7) is 7.66. The van der Waals surface area contributed by atoms with E-state index in [9.17, 15) is 14.4 Å². The third-order valence-corrected chi connectivity index (χ3v) is 5.03. The molecule has 7 heteroatoms. The molecule has 0 radical (unpaired) electrons. The van der Waals surface area contributed by atoms with Crippen molar-refractivity contribution in [2.45, 2.75) is 46.0 Å². The molecular weight excluding hydrogens is 332 g/mol. The summed E-state index contributed by atoms with van der Waals surface area (Å²) in [6.07, 6.45) is 8.72. The zero-order chi connectivity index (χ0) is 18.9. The van der Waals surface area contributed by atoms with Crippen LogP contribution in [0.5, 0.6) is 0 Å². The zero-order valence-corrected chi connectivity index (χ0v) is 15.9. The number of likely N-dealkylation sites (N-methyl/N-ethyl adjacent to an activating group) is 1. The Labute approximate surface area is 155 Å². The largest absolute Gasteiger partial charge is 0.330 e. The molecule has 0 bridgehead atoms. The molecule has 0 saturated carbocycles. The lowest BCUT2D eigenvalue weighted by atomic mass is 9.97. The smallest absolute Gasteiger partial charge is 0.302 e. The predicted octanol–water partition coefficient (Wildman–Crippen LogP) is 1.98. The average Bonchev–Trinajstić information content (AvgIpc) is 2.64. The minimum absolute atomic E-state index is 0.313. The number of carbonyl (C=O) groups excluding carboxylic acids is 3. The molecule has 0 spiro atoms. The van der Waals surface area contributed by atoms with Gasteiger partial charge in [-0.05, 0) is 45.2 Å².